The van der Waals surface area contributed by atoms with E-state index in [-0.39, 0.29) is 18.3 Å². The maximum Gasteiger partial charge on any atom is 0.338 e. The van der Waals surface area contributed by atoms with Crippen LogP contribution < -0.4 is 14.8 Å². The lowest BCUT2D eigenvalue weighted by Crippen LogP contribution is -2.21. The van der Waals surface area contributed by atoms with Crippen LogP contribution in [0.1, 0.15) is 35.3 Å². The molecule has 0 aliphatic heterocycles. The summed E-state index contributed by atoms with van der Waals surface area (Å²) < 4.78 is 16.0. The first-order valence-electron chi connectivity index (χ1n) is 8.69. The Hall–Kier alpha value is -3.02. The number of hydrogen-bond donors (Lipinski definition) is 1. The van der Waals surface area contributed by atoms with Gasteiger partial charge in [0.2, 0.25) is 0 Å². The topological polar surface area (TPSA) is 73.9 Å². The third-order valence-electron chi connectivity index (χ3n) is 3.89. The molecular formula is C21H25NO5. The molecule has 0 bridgehead atoms. The van der Waals surface area contributed by atoms with Gasteiger partial charge in [0.15, 0.2) is 18.1 Å². The molecule has 144 valence electrons. The first-order valence-corrected chi connectivity index (χ1v) is 8.69. The molecule has 2 rings (SSSR count). The van der Waals surface area contributed by atoms with Gasteiger partial charge in [0.1, 0.15) is 0 Å². The molecule has 6 nitrogen and oxygen atoms in total. The number of ether oxygens (including phenoxy) is 3. The maximum absolute atomic E-state index is 12.2. The molecule has 27 heavy (non-hydrogen) atoms. The second kappa shape index (κ2) is 9.07. The minimum absolute atomic E-state index is 0.0224. The van der Waals surface area contributed by atoms with Crippen LogP contribution in [0.5, 0.6) is 11.5 Å². The van der Waals surface area contributed by atoms with Crippen LogP contribution in [-0.2, 0) is 9.53 Å². The molecule has 0 aliphatic carbocycles. The molecule has 0 radical (unpaired) electrons. The van der Waals surface area contributed by atoms with Crippen LogP contribution in [0, 0.1) is 13.8 Å². The highest BCUT2D eigenvalue weighted by Gasteiger charge is 2.15. The van der Waals surface area contributed by atoms with Gasteiger partial charge in [0.05, 0.1) is 18.8 Å². The largest absolute Gasteiger partial charge is 0.493 e. The van der Waals surface area contributed by atoms with Crippen molar-refractivity contribution >= 4 is 17.6 Å². The number of benzene rings is 2. The summed E-state index contributed by atoms with van der Waals surface area (Å²) in [6.07, 6.45) is -0.0224. The van der Waals surface area contributed by atoms with Crippen LogP contribution in [0.2, 0.25) is 0 Å². The van der Waals surface area contributed by atoms with Crippen LogP contribution in [0.25, 0.3) is 0 Å². The molecule has 0 unspecified atom stereocenters. The van der Waals surface area contributed by atoms with Gasteiger partial charge in [-0.25, -0.2) is 4.79 Å². The molecule has 2 aromatic rings. The quantitative estimate of drug-likeness (QED) is 0.748. The van der Waals surface area contributed by atoms with E-state index in [1.165, 1.54) is 13.2 Å². The maximum atomic E-state index is 12.2. The molecule has 0 spiro atoms. The molecule has 0 atom stereocenters. The van der Waals surface area contributed by atoms with Gasteiger partial charge in [-0.1, -0.05) is 6.07 Å². The van der Waals surface area contributed by atoms with Crippen molar-refractivity contribution in [3.63, 3.8) is 0 Å². The Labute approximate surface area is 159 Å². The highest BCUT2D eigenvalue weighted by atomic mass is 16.5. The Balaban J connectivity index is 1.96. The fraction of sp³-hybridized carbons (Fsp3) is 0.333. The summed E-state index contributed by atoms with van der Waals surface area (Å²) in [4.78, 5) is 24.2. The summed E-state index contributed by atoms with van der Waals surface area (Å²) in [5.41, 5.74) is 3.15. The SMILES string of the molecule is COc1cc(C(=O)OCC(=O)Nc2ccc(C)c(C)c2)ccc1OC(C)C. The van der Waals surface area contributed by atoms with Crippen LogP contribution in [-0.4, -0.2) is 31.7 Å². The van der Waals surface area contributed by atoms with Gasteiger partial charge in [-0.2, -0.15) is 0 Å². The number of nitrogens with one attached hydrogen (secondary N) is 1. The first-order chi connectivity index (χ1) is 12.8. The fourth-order valence-electron chi connectivity index (χ4n) is 2.38. The van der Waals surface area contributed by atoms with Crippen molar-refractivity contribution in [2.45, 2.75) is 33.8 Å². The van der Waals surface area contributed by atoms with E-state index in [2.05, 4.69) is 5.32 Å². The molecule has 0 saturated heterocycles. The van der Waals surface area contributed by atoms with Crippen LogP contribution in [0.15, 0.2) is 36.4 Å². The van der Waals surface area contributed by atoms with Crippen molar-refractivity contribution in [2.75, 3.05) is 19.0 Å². The van der Waals surface area contributed by atoms with Crippen molar-refractivity contribution in [1.82, 2.24) is 0 Å². The van der Waals surface area contributed by atoms with Gasteiger partial charge in [-0.3, -0.25) is 4.79 Å². The summed E-state index contributed by atoms with van der Waals surface area (Å²) in [6.45, 7) is 7.38. The van der Waals surface area contributed by atoms with E-state index in [0.717, 1.165) is 11.1 Å². The predicted octanol–water partition coefficient (Wildman–Crippen LogP) is 3.89. The van der Waals surface area contributed by atoms with Gasteiger partial charge in [-0.15, -0.1) is 0 Å². The number of hydrogen-bond acceptors (Lipinski definition) is 5. The normalized spacial score (nSPS) is 10.4. The molecule has 0 fully saturated rings. The molecule has 1 amide bonds. The predicted molar refractivity (Wildman–Crippen MR) is 104 cm³/mol. The van der Waals surface area contributed by atoms with Crippen LogP contribution >= 0.6 is 0 Å². The molecule has 6 heteroatoms. The molecule has 0 aliphatic rings. The number of methoxy groups -OCH3 is 1. The Morgan fingerprint density at radius 1 is 1.00 bits per heavy atom. The smallest absolute Gasteiger partial charge is 0.338 e. The number of rotatable bonds is 7. The minimum atomic E-state index is -0.611. The lowest BCUT2D eigenvalue weighted by atomic mass is 10.1. The number of esters is 1. The van der Waals surface area contributed by atoms with E-state index in [4.69, 9.17) is 14.2 Å². The number of aryl methyl sites for hydroxylation is 2. The molecule has 2 aromatic carbocycles. The summed E-state index contributed by atoms with van der Waals surface area (Å²) in [5.74, 6) is -0.0489. The zero-order valence-corrected chi connectivity index (χ0v) is 16.3. The fourth-order valence-corrected chi connectivity index (χ4v) is 2.38. The Bertz CT molecular complexity index is 829. The number of carbonyl (C=O) groups excluding carboxylic acids is 2. The van der Waals surface area contributed by atoms with Crippen molar-refractivity contribution in [2.24, 2.45) is 0 Å². The van der Waals surface area contributed by atoms with Crippen molar-refractivity contribution in [1.29, 1.82) is 0 Å². The van der Waals surface area contributed by atoms with Gasteiger partial charge in [0, 0.05) is 5.69 Å². The van der Waals surface area contributed by atoms with E-state index in [1.807, 2.05) is 39.8 Å². The number of anilines is 1. The van der Waals surface area contributed by atoms with E-state index in [9.17, 15) is 9.59 Å². The average molecular weight is 371 g/mol. The second-order valence-electron chi connectivity index (χ2n) is 6.46. The van der Waals surface area contributed by atoms with Gasteiger partial charge in [-0.05, 0) is 69.2 Å². The zero-order chi connectivity index (χ0) is 20.0. The standard InChI is InChI=1S/C21H25NO5/c1-13(2)27-18-9-7-16(11-19(18)25-5)21(24)26-12-20(23)22-17-8-6-14(3)15(4)10-17/h6-11,13H,12H2,1-5H3,(H,22,23). The lowest BCUT2D eigenvalue weighted by Gasteiger charge is -2.14. The zero-order valence-electron chi connectivity index (χ0n) is 16.3. The molecule has 1 N–H and O–H groups in total. The summed E-state index contributed by atoms with van der Waals surface area (Å²) in [7, 11) is 1.49. The molecular weight excluding hydrogens is 346 g/mol. The second-order valence-corrected chi connectivity index (χ2v) is 6.46. The van der Waals surface area contributed by atoms with E-state index in [0.29, 0.717) is 17.2 Å². The van der Waals surface area contributed by atoms with Crippen molar-refractivity contribution in [3.05, 3.63) is 53.1 Å². The Kier molecular flexibility index (Phi) is 6.82. The first kappa shape index (κ1) is 20.3. The number of amides is 1. The molecule has 0 aromatic heterocycles. The number of carbonyl (C=O) groups is 2. The minimum Gasteiger partial charge on any atom is -0.493 e. The molecule has 0 saturated carbocycles. The van der Waals surface area contributed by atoms with Crippen LogP contribution in [0.4, 0.5) is 5.69 Å². The van der Waals surface area contributed by atoms with Crippen molar-refractivity contribution < 1.29 is 23.8 Å². The third kappa shape index (κ3) is 5.74. The van der Waals surface area contributed by atoms with E-state index in [1.54, 1.807) is 18.2 Å². The van der Waals surface area contributed by atoms with Gasteiger partial charge in [0.25, 0.3) is 5.91 Å². The summed E-state index contributed by atoms with van der Waals surface area (Å²) in [6, 6.07) is 10.3. The monoisotopic (exact) mass is 371 g/mol. The highest BCUT2D eigenvalue weighted by molar-refractivity contribution is 5.95. The van der Waals surface area contributed by atoms with Gasteiger partial charge >= 0.3 is 5.97 Å². The summed E-state index contributed by atoms with van der Waals surface area (Å²) in [5, 5.41) is 2.71. The van der Waals surface area contributed by atoms with E-state index >= 15 is 0 Å². The molecule has 0 heterocycles. The van der Waals surface area contributed by atoms with Crippen molar-refractivity contribution in [3.8, 4) is 11.5 Å². The third-order valence-corrected chi connectivity index (χ3v) is 3.89. The summed E-state index contributed by atoms with van der Waals surface area (Å²) >= 11 is 0. The Morgan fingerprint density at radius 2 is 1.74 bits per heavy atom. The van der Waals surface area contributed by atoms with E-state index < -0.39 is 11.9 Å². The average Bonchev–Trinajstić information content (AvgIpc) is 2.62. The highest BCUT2D eigenvalue weighted by Crippen LogP contribution is 2.29. The van der Waals surface area contributed by atoms with Gasteiger partial charge < -0.3 is 19.5 Å². The van der Waals surface area contributed by atoms with Crippen LogP contribution in [0.3, 0.4) is 0 Å². The lowest BCUT2D eigenvalue weighted by molar-refractivity contribution is -0.119. The Morgan fingerprint density at radius 3 is 2.37 bits per heavy atom.